The minimum absolute atomic E-state index is 0.240. The molecule has 0 radical (unpaired) electrons. The van der Waals surface area contributed by atoms with Crippen LogP contribution in [0.2, 0.25) is 0 Å². The molecule has 0 saturated heterocycles. The Morgan fingerprint density at radius 3 is 2.75 bits per heavy atom. The molecule has 0 bridgehead atoms. The molecule has 1 aromatic carbocycles. The Morgan fingerprint density at radius 2 is 2.00 bits per heavy atom. The van der Waals surface area contributed by atoms with E-state index in [-0.39, 0.29) is 10.9 Å². The Morgan fingerprint density at radius 1 is 1.25 bits per heavy atom. The van der Waals surface area contributed by atoms with Crippen molar-refractivity contribution in [1.82, 2.24) is 0 Å². The molecule has 62 valence electrons. The van der Waals surface area contributed by atoms with Crippen LogP contribution in [0.15, 0.2) is 18.2 Å². The average Bonchev–Trinajstić information content (AvgIpc) is 2.28. The summed E-state index contributed by atoms with van der Waals surface area (Å²) >= 11 is 2.90. The molecular formula is C8H3F2IS. The standard InChI is InChI=1S/C8H3F2IS/c9-4-1-2-5-6(3-4)12-8(10)7(5)11/h1-3H. The number of thiophene rings is 1. The van der Waals surface area contributed by atoms with Crippen LogP contribution in [0.5, 0.6) is 0 Å². The van der Waals surface area contributed by atoms with E-state index in [2.05, 4.69) is 0 Å². The second-order valence-corrected chi connectivity index (χ2v) is 4.41. The molecule has 12 heavy (non-hydrogen) atoms. The van der Waals surface area contributed by atoms with Gasteiger partial charge in [0.15, 0.2) is 5.13 Å². The normalized spacial score (nSPS) is 10.9. The van der Waals surface area contributed by atoms with Gasteiger partial charge in [0.05, 0.1) is 3.57 Å². The van der Waals surface area contributed by atoms with E-state index in [1.54, 1.807) is 6.07 Å². The van der Waals surface area contributed by atoms with Crippen LogP contribution in [0.1, 0.15) is 0 Å². The molecule has 0 unspecified atom stereocenters. The minimum Gasteiger partial charge on any atom is -0.207 e. The predicted octanol–water partition coefficient (Wildman–Crippen LogP) is 3.78. The molecule has 0 aliphatic rings. The van der Waals surface area contributed by atoms with E-state index in [1.165, 1.54) is 12.1 Å². The van der Waals surface area contributed by atoms with Crippen molar-refractivity contribution in [2.24, 2.45) is 0 Å². The third kappa shape index (κ3) is 1.22. The number of benzene rings is 1. The average molecular weight is 296 g/mol. The van der Waals surface area contributed by atoms with Gasteiger partial charge in [-0.2, -0.15) is 4.39 Å². The molecule has 0 aliphatic carbocycles. The topological polar surface area (TPSA) is 0 Å². The van der Waals surface area contributed by atoms with Gasteiger partial charge in [-0.05, 0) is 40.8 Å². The molecule has 2 aromatic rings. The maximum atomic E-state index is 13.0. The number of hydrogen-bond acceptors (Lipinski definition) is 1. The van der Waals surface area contributed by atoms with E-state index in [9.17, 15) is 8.78 Å². The number of halogens is 3. The van der Waals surface area contributed by atoms with Crippen LogP contribution >= 0.6 is 33.9 Å². The summed E-state index contributed by atoms with van der Waals surface area (Å²) in [6.45, 7) is 0. The first kappa shape index (κ1) is 8.37. The molecule has 0 amide bonds. The highest BCUT2D eigenvalue weighted by Crippen LogP contribution is 2.31. The zero-order valence-corrected chi connectivity index (χ0v) is 8.75. The molecule has 2 rings (SSSR count). The van der Waals surface area contributed by atoms with E-state index >= 15 is 0 Å². The lowest BCUT2D eigenvalue weighted by Crippen LogP contribution is -1.72. The van der Waals surface area contributed by atoms with Gasteiger partial charge in [0.2, 0.25) is 0 Å². The van der Waals surface area contributed by atoms with Gasteiger partial charge in [-0.25, -0.2) is 4.39 Å². The van der Waals surface area contributed by atoms with Gasteiger partial charge in [0, 0.05) is 10.1 Å². The van der Waals surface area contributed by atoms with Crippen molar-refractivity contribution in [3.63, 3.8) is 0 Å². The van der Waals surface area contributed by atoms with E-state index in [0.717, 1.165) is 16.7 Å². The van der Waals surface area contributed by atoms with Gasteiger partial charge in [-0.3, -0.25) is 0 Å². The quantitative estimate of drug-likeness (QED) is 0.649. The fraction of sp³-hybridized carbons (Fsp3) is 0. The molecule has 0 atom stereocenters. The van der Waals surface area contributed by atoms with Crippen molar-refractivity contribution >= 4 is 44.0 Å². The molecule has 0 saturated carbocycles. The third-order valence-corrected chi connectivity index (χ3v) is 3.91. The van der Waals surface area contributed by atoms with E-state index in [4.69, 9.17) is 0 Å². The van der Waals surface area contributed by atoms with Crippen LogP contribution in [0.25, 0.3) is 10.1 Å². The van der Waals surface area contributed by atoms with Gasteiger partial charge in [-0.15, -0.1) is 11.3 Å². The van der Waals surface area contributed by atoms with Gasteiger partial charge >= 0.3 is 0 Å². The minimum atomic E-state index is -0.319. The number of fused-ring (bicyclic) bond motifs is 1. The Labute approximate surface area is 85.3 Å². The van der Waals surface area contributed by atoms with Crippen LogP contribution in [-0.2, 0) is 0 Å². The summed E-state index contributed by atoms with van der Waals surface area (Å²) in [5, 5.41) is 0.552. The lowest BCUT2D eigenvalue weighted by molar-refractivity contribution is 0.630. The fourth-order valence-electron chi connectivity index (χ4n) is 1.01. The molecule has 0 nitrogen and oxygen atoms in total. The molecule has 0 aliphatic heterocycles. The Balaban J connectivity index is 2.87. The first-order valence-electron chi connectivity index (χ1n) is 3.21. The molecule has 0 N–H and O–H groups in total. The number of rotatable bonds is 0. The Kier molecular flexibility index (Phi) is 2.04. The van der Waals surface area contributed by atoms with Crippen molar-refractivity contribution in [2.75, 3.05) is 0 Å². The lowest BCUT2D eigenvalue weighted by atomic mass is 10.3. The SMILES string of the molecule is Fc1ccc2c(I)c(F)sc2c1. The second kappa shape index (κ2) is 2.92. The molecule has 1 heterocycles. The number of hydrogen-bond donors (Lipinski definition) is 0. The molecule has 1 aromatic heterocycles. The summed E-state index contributed by atoms with van der Waals surface area (Å²) in [7, 11) is 0. The molecular weight excluding hydrogens is 293 g/mol. The summed E-state index contributed by atoms with van der Waals surface area (Å²) in [4.78, 5) is 0. The smallest absolute Gasteiger partial charge is 0.190 e. The van der Waals surface area contributed by atoms with Gasteiger partial charge < -0.3 is 0 Å². The van der Waals surface area contributed by atoms with Crippen LogP contribution in [0.3, 0.4) is 0 Å². The maximum Gasteiger partial charge on any atom is 0.190 e. The van der Waals surface area contributed by atoms with Crippen molar-refractivity contribution in [1.29, 1.82) is 0 Å². The van der Waals surface area contributed by atoms with Gasteiger partial charge in [0.1, 0.15) is 5.82 Å². The van der Waals surface area contributed by atoms with Crippen molar-refractivity contribution in [2.45, 2.75) is 0 Å². The Bertz CT molecular complexity index is 436. The summed E-state index contributed by atoms with van der Waals surface area (Å²) in [6.07, 6.45) is 0. The summed E-state index contributed by atoms with van der Waals surface area (Å²) < 4.78 is 26.9. The maximum absolute atomic E-state index is 13.0. The highest BCUT2D eigenvalue weighted by Gasteiger charge is 2.08. The predicted molar refractivity (Wildman–Crippen MR) is 54.5 cm³/mol. The summed E-state index contributed by atoms with van der Waals surface area (Å²) in [5.41, 5.74) is 0. The summed E-state index contributed by atoms with van der Waals surface area (Å²) in [5.74, 6) is -0.319. The highest BCUT2D eigenvalue weighted by atomic mass is 127. The van der Waals surface area contributed by atoms with E-state index < -0.39 is 0 Å². The zero-order chi connectivity index (χ0) is 8.72. The van der Waals surface area contributed by atoms with Crippen molar-refractivity contribution in [3.05, 3.63) is 32.7 Å². The van der Waals surface area contributed by atoms with Crippen molar-refractivity contribution < 1.29 is 8.78 Å². The Hall–Kier alpha value is -0.230. The largest absolute Gasteiger partial charge is 0.207 e. The second-order valence-electron chi connectivity index (χ2n) is 2.33. The molecule has 0 spiro atoms. The van der Waals surface area contributed by atoms with Crippen LogP contribution in [0.4, 0.5) is 8.78 Å². The zero-order valence-electron chi connectivity index (χ0n) is 5.77. The van der Waals surface area contributed by atoms with Crippen LogP contribution in [0, 0.1) is 14.5 Å². The first-order chi connectivity index (χ1) is 5.68. The van der Waals surface area contributed by atoms with Gasteiger partial charge in [-0.1, -0.05) is 0 Å². The fourth-order valence-corrected chi connectivity index (χ4v) is 2.84. The van der Waals surface area contributed by atoms with Crippen molar-refractivity contribution in [3.8, 4) is 0 Å². The lowest BCUT2D eigenvalue weighted by Gasteiger charge is -1.88. The molecule has 4 heteroatoms. The summed E-state index contributed by atoms with van der Waals surface area (Å²) in [6, 6.07) is 4.30. The highest BCUT2D eigenvalue weighted by molar-refractivity contribution is 14.1. The van der Waals surface area contributed by atoms with Gasteiger partial charge in [0.25, 0.3) is 0 Å². The van der Waals surface area contributed by atoms with E-state index in [1.807, 2.05) is 22.6 Å². The monoisotopic (exact) mass is 296 g/mol. The molecule has 0 fully saturated rings. The van der Waals surface area contributed by atoms with E-state index in [0.29, 0.717) is 8.27 Å². The first-order valence-corrected chi connectivity index (χ1v) is 5.11. The third-order valence-electron chi connectivity index (χ3n) is 1.55. The van der Waals surface area contributed by atoms with Crippen LogP contribution in [-0.4, -0.2) is 0 Å². The van der Waals surface area contributed by atoms with Crippen LogP contribution < -0.4 is 0 Å².